The number of rotatable bonds is 6. The van der Waals surface area contributed by atoms with Crippen molar-refractivity contribution in [2.24, 2.45) is 0 Å². The van der Waals surface area contributed by atoms with Crippen molar-refractivity contribution in [1.29, 1.82) is 0 Å². The van der Waals surface area contributed by atoms with Crippen LogP contribution in [0.4, 0.5) is 0 Å². The van der Waals surface area contributed by atoms with E-state index in [2.05, 4.69) is 24.3 Å². The SMILES string of the molecule is COC[Si](Cl)(Cl)CCCc1ccccc1. The molecule has 0 aliphatic carbocycles. The van der Waals surface area contributed by atoms with Gasteiger partial charge in [-0.05, 0) is 24.4 Å². The van der Waals surface area contributed by atoms with E-state index in [1.165, 1.54) is 5.56 Å². The van der Waals surface area contributed by atoms with Gasteiger partial charge in [0.25, 0.3) is 6.69 Å². The molecule has 0 saturated carbocycles. The summed E-state index contributed by atoms with van der Waals surface area (Å²) in [6.45, 7) is -2.13. The highest BCUT2D eigenvalue weighted by Gasteiger charge is 2.27. The van der Waals surface area contributed by atoms with Gasteiger partial charge in [0.05, 0.1) is 6.23 Å². The molecule has 0 aromatic heterocycles. The molecule has 0 atom stereocenters. The molecule has 0 fully saturated rings. The largest absolute Gasteiger partial charge is 0.385 e. The van der Waals surface area contributed by atoms with Crippen LogP contribution in [-0.2, 0) is 11.2 Å². The molecule has 84 valence electrons. The lowest BCUT2D eigenvalue weighted by atomic mass is 10.1. The lowest BCUT2D eigenvalue weighted by molar-refractivity contribution is 0.249. The van der Waals surface area contributed by atoms with E-state index in [9.17, 15) is 0 Å². The van der Waals surface area contributed by atoms with Crippen LogP contribution in [0.2, 0.25) is 6.04 Å². The molecule has 0 radical (unpaired) electrons. The quantitative estimate of drug-likeness (QED) is 0.561. The Morgan fingerprint density at radius 2 is 1.87 bits per heavy atom. The fourth-order valence-corrected chi connectivity index (χ4v) is 4.20. The molecule has 1 aromatic carbocycles. The molecule has 0 aliphatic heterocycles. The van der Waals surface area contributed by atoms with Crippen molar-refractivity contribution in [1.82, 2.24) is 0 Å². The Bertz CT molecular complexity index is 277. The highest BCUT2D eigenvalue weighted by atomic mass is 35.7. The molecule has 0 saturated heterocycles. The first-order valence-electron chi connectivity index (χ1n) is 5.05. The van der Waals surface area contributed by atoms with Crippen molar-refractivity contribution in [2.75, 3.05) is 13.3 Å². The summed E-state index contributed by atoms with van der Waals surface area (Å²) < 4.78 is 5.01. The second-order valence-corrected chi connectivity index (χ2v) is 11.1. The fourth-order valence-electron chi connectivity index (χ4n) is 1.48. The lowest BCUT2D eigenvalue weighted by Gasteiger charge is -2.14. The molecule has 0 heterocycles. The van der Waals surface area contributed by atoms with E-state index in [1.54, 1.807) is 7.11 Å². The molecule has 0 amide bonds. The molecule has 1 nitrogen and oxygen atoms in total. The molecule has 0 N–H and O–H groups in total. The Hall–Kier alpha value is -0.0231. The second-order valence-electron chi connectivity index (χ2n) is 3.63. The van der Waals surface area contributed by atoms with Crippen molar-refractivity contribution in [3.8, 4) is 0 Å². The standard InChI is InChI=1S/C11H16Cl2OSi/c1-14-10-15(12,13)9-5-8-11-6-3-2-4-7-11/h2-4,6-7H,5,8-10H2,1H3. The van der Waals surface area contributed by atoms with E-state index in [0.29, 0.717) is 6.23 Å². The summed E-state index contributed by atoms with van der Waals surface area (Å²) in [6.07, 6.45) is 2.59. The molecule has 1 rings (SSSR count). The van der Waals surface area contributed by atoms with Crippen molar-refractivity contribution in [2.45, 2.75) is 18.9 Å². The third kappa shape index (κ3) is 5.57. The number of aryl methyl sites for hydroxylation is 1. The monoisotopic (exact) mass is 262 g/mol. The Balaban J connectivity index is 2.27. The molecular formula is C11H16Cl2OSi. The van der Waals surface area contributed by atoms with Crippen LogP contribution in [-0.4, -0.2) is 20.0 Å². The molecular weight excluding hydrogens is 247 g/mol. The van der Waals surface area contributed by atoms with Gasteiger partial charge in [0.15, 0.2) is 0 Å². The molecule has 15 heavy (non-hydrogen) atoms. The number of benzene rings is 1. The highest BCUT2D eigenvalue weighted by Crippen LogP contribution is 2.23. The van der Waals surface area contributed by atoms with Gasteiger partial charge >= 0.3 is 0 Å². The van der Waals surface area contributed by atoms with E-state index in [0.717, 1.165) is 18.9 Å². The number of ether oxygens (including phenoxy) is 1. The first-order chi connectivity index (χ1) is 7.14. The minimum absolute atomic E-state index is 0.519. The average molecular weight is 263 g/mol. The van der Waals surface area contributed by atoms with E-state index in [1.807, 2.05) is 6.07 Å². The van der Waals surface area contributed by atoms with Gasteiger partial charge in [-0.25, -0.2) is 0 Å². The predicted molar refractivity (Wildman–Crippen MR) is 68.9 cm³/mol. The molecule has 0 spiro atoms. The third-order valence-corrected chi connectivity index (χ3v) is 5.79. The van der Waals surface area contributed by atoms with Crippen LogP contribution in [0.25, 0.3) is 0 Å². The summed E-state index contributed by atoms with van der Waals surface area (Å²) in [7, 11) is 1.64. The number of hydrogen-bond acceptors (Lipinski definition) is 1. The molecule has 0 aliphatic rings. The predicted octanol–water partition coefficient (Wildman–Crippen LogP) is 3.72. The van der Waals surface area contributed by atoms with Crippen LogP contribution in [0, 0.1) is 0 Å². The van der Waals surface area contributed by atoms with Gasteiger partial charge in [-0.2, -0.15) is 0 Å². The topological polar surface area (TPSA) is 9.23 Å². The Morgan fingerprint density at radius 1 is 1.20 bits per heavy atom. The maximum atomic E-state index is 6.18. The zero-order chi connectivity index (χ0) is 11.1. The zero-order valence-electron chi connectivity index (χ0n) is 8.88. The normalized spacial score (nSPS) is 11.7. The maximum absolute atomic E-state index is 6.18. The molecule has 4 heteroatoms. The average Bonchev–Trinajstić information content (AvgIpc) is 2.19. The van der Waals surface area contributed by atoms with Crippen molar-refractivity contribution in [3.63, 3.8) is 0 Å². The van der Waals surface area contributed by atoms with Gasteiger partial charge in [-0.3, -0.25) is 0 Å². The van der Waals surface area contributed by atoms with E-state index < -0.39 is 6.69 Å². The van der Waals surface area contributed by atoms with E-state index in [4.69, 9.17) is 26.9 Å². The van der Waals surface area contributed by atoms with Crippen LogP contribution in [0.3, 0.4) is 0 Å². The van der Waals surface area contributed by atoms with Crippen LogP contribution >= 0.6 is 22.2 Å². The van der Waals surface area contributed by atoms with Crippen LogP contribution in [0.1, 0.15) is 12.0 Å². The van der Waals surface area contributed by atoms with E-state index >= 15 is 0 Å². The van der Waals surface area contributed by atoms with Crippen molar-refractivity contribution in [3.05, 3.63) is 35.9 Å². The van der Waals surface area contributed by atoms with Gasteiger partial charge in [0.2, 0.25) is 0 Å². The summed E-state index contributed by atoms with van der Waals surface area (Å²) in [4.78, 5) is 0. The summed E-state index contributed by atoms with van der Waals surface area (Å²) >= 11 is 12.4. The Labute approximate surface area is 102 Å². The summed E-state index contributed by atoms with van der Waals surface area (Å²) in [5.74, 6) is 0. The number of halogens is 2. The fraction of sp³-hybridized carbons (Fsp3) is 0.455. The number of methoxy groups -OCH3 is 1. The number of hydrogen-bond donors (Lipinski definition) is 0. The first kappa shape index (κ1) is 13.0. The molecule has 0 unspecified atom stereocenters. The van der Waals surface area contributed by atoms with Gasteiger partial charge in [0, 0.05) is 7.11 Å². The van der Waals surface area contributed by atoms with Crippen LogP contribution in [0.15, 0.2) is 30.3 Å². The van der Waals surface area contributed by atoms with E-state index in [-0.39, 0.29) is 0 Å². The highest BCUT2D eigenvalue weighted by molar-refractivity contribution is 7.45. The van der Waals surface area contributed by atoms with Crippen LogP contribution < -0.4 is 0 Å². The smallest absolute Gasteiger partial charge is 0.275 e. The Morgan fingerprint density at radius 3 is 2.47 bits per heavy atom. The summed E-state index contributed by atoms with van der Waals surface area (Å²) in [5.41, 5.74) is 1.34. The minimum Gasteiger partial charge on any atom is -0.385 e. The van der Waals surface area contributed by atoms with Crippen molar-refractivity contribution < 1.29 is 4.74 Å². The summed E-state index contributed by atoms with van der Waals surface area (Å²) in [6, 6.07) is 11.3. The maximum Gasteiger partial charge on any atom is 0.275 e. The van der Waals surface area contributed by atoms with Gasteiger partial charge in [-0.1, -0.05) is 30.3 Å². The van der Waals surface area contributed by atoms with Gasteiger partial charge in [0.1, 0.15) is 0 Å². The lowest BCUT2D eigenvalue weighted by Crippen LogP contribution is -2.26. The summed E-state index contributed by atoms with van der Waals surface area (Å²) in [5, 5.41) is 0. The van der Waals surface area contributed by atoms with Gasteiger partial charge < -0.3 is 4.74 Å². The molecule has 0 bridgehead atoms. The second kappa shape index (κ2) is 6.54. The van der Waals surface area contributed by atoms with Crippen molar-refractivity contribution >= 4 is 28.9 Å². The Kier molecular flexibility index (Phi) is 5.68. The first-order valence-corrected chi connectivity index (χ1v) is 9.48. The van der Waals surface area contributed by atoms with Crippen LogP contribution in [0.5, 0.6) is 0 Å². The third-order valence-electron chi connectivity index (χ3n) is 2.21. The molecule has 1 aromatic rings. The minimum atomic E-state index is -2.13. The zero-order valence-corrected chi connectivity index (χ0v) is 11.4. The van der Waals surface area contributed by atoms with Gasteiger partial charge in [-0.15, -0.1) is 22.2 Å².